The second-order valence-corrected chi connectivity index (χ2v) is 23.5. The number of nitro groups is 1. The van der Waals surface area contributed by atoms with Crippen LogP contribution in [0.3, 0.4) is 0 Å². The van der Waals surface area contributed by atoms with Crippen molar-refractivity contribution in [2.45, 2.75) is 111 Å². The molecule has 9 heterocycles. The quantitative estimate of drug-likeness (QED) is 0.104. The van der Waals surface area contributed by atoms with Gasteiger partial charge in [-0.2, -0.15) is 4.98 Å². The van der Waals surface area contributed by atoms with Gasteiger partial charge in [0.2, 0.25) is 15.7 Å². The monoisotopic (exact) mass is 1020 g/mol. The van der Waals surface area contributed by atoms with Gasteiger partial charge in [0.05, 0.1) is 84.0 Å². The van der Waals surface area contributed by atoms with Crippen LogP contribution in [0.2, 0.25) is 0 Å². The Labute approximate surface area is 423 Å². The summed E-state index contributed by atoms with van der Waals surface area (Å²) in [4.78, 5) is 42.8. The molecular formula is C53H61N9O10S. The molecule has 6 fully saturated rings. The van der Waals surface area contributed by atoms with Crippen molar-refractivity contribution >= 4 is 55.2 Å². The minimum absolute atomic E-state index is 0.0220. The van der Waals surface area contributed by atoms with Gasteiger partial charge in [-0.25, -0.2) is 8.42 Å². The van der Waals surface area contributed by atoms with Crippen molar-refractivity contribution in [1.29, 1.82) is 0 Å². The molecule has 1 spiro atoms. The van der Waals surface area contributed by atoms with E-state index in [1.54, 1.807) is 23.2 Å². The Hall–Kier alpha value is -6.03. The smallest absolute Gasteiger partial charge is 0.297 e. The molecule has 7 aliphatic heterocycles. The summed E-state index contributed by atoms with van der Waals surface area (Å²) in [5, 5.41) is 17.2. The number of hydrogen-bond donors (Lipinski definition) is 3. The van der Waals surface area contributed by atoms with Gasteiger partial charge < -0.3 is 49.5 Å². The number of primary amides is 1. The SMILES string of the molecule is Cc1ccccc1[C@@H]1CCCN1C1CC2(CCN(c3ccc(C(N)=O)c(N4c5cc6cc[nH]c6nc5O[C@H]5COC[C@@H]54)c3S(=O)(=O)c3cc4c(c([N+](=O)[O-])c3)N[C@H]([C@H]3CN(C5COC5)[C@H](C)CO3)CO4)CC2)C1. The number of aromatic nitrogens is 2. The van der Waals surface area contributed by atoms with E-state index in [1.165, 1.54) is 23.6 Å². The number of anilines is 4. The summed E-state index contributed by atoms with van der Waals surface area (Å²) in [6.45, 7) is 9.22. The Morgan fingerprint density at radius 2 is 1.73 bits per heavy atom. The topological polar surface area (TPSA) is 220 Å². The average molecular weight is 1020 g/mol. The average Bonchev–Trinajstić information content (AvgIpc) is 4.15. The van der Waals surface area contributed by atoms with Crippen LogP contribution in [0.1, 0.15) is 73.0 Å². The number of carbonyl (C=O) groups excluding carboxylic acids is 1. The number of ether oxygens (including phenoxy) is 5. The van der Waals surface area contributed by atoms with Gasteiger partial charge in [-0.1, -0.05) is 24.3 Å². The number of nitrogens with two attached hydrogens (primary N) is 1. The van der Waals surface area contributed by atoms with Crippen LogP contribution in [0.25, 0.3) is 11.0 Å². The van der Waals surface area contributed by atoms with Crippen molar-refractivity contribution in [3.05, 3.63) is 93.7 Å². The molecule has 2 aromatic heterocycles. The first kappa shape index (κ1) is 46.7. The maximum Gasteiger partial charge on any atom is 0.297 e. The van der Waals surface area contributed by atoms with E-state index in [4.69, 9.17) is 34.4 Å². The van der Waals surface area contributed by atoms with Crippen LogP contribution >= 0.6 is 0 Å². The number of rotatable bonds is 10. The molecule has 0 radical (unpaired) electrons. The Morgan fingerprint density at radius 3 is 2.49 bits per heavy atom. The molecule has 20 heteroatoms. The van der Waals surface area contributed by atoms with E-state index in [0.29, 0.717) is 68.6 Å². The standard InChI is InChI=1S/C53H61N9O10S/c1-30-6-3-4-7-36(30)39-8-5-15-59(39)33-21-53(22-33)12-16-58(17-13-53)40-10-9-37(50(54)63)48(61-42-18-32-11-14-55-51(32)57-52(42)72-46-29-69-28-43(46)61)49(40)73(66,67)35-19-41(62(64)65)47-44(20-35)71-27-38(56-47)45-23-60(31(2)24-70-45)34-25-68-26-34/h3-4,6-7,9-11,14,18-20,31,33-34,38-39,43,45-46,56H,5,8,12-13,15-17,21-29H2,1-2H3,(H2,54,63)(H,55,57)/t31-,38+,39+,43+,45-,46+/m1/s1. The van der Waals surface area contributed by atoms with E-state index in [-0.39, 0.29) is 81.8 Å². The molecule has 1 saturated carbocycles. The molecule has 3 aromatic carbocycles. The van der Waals surface area contributed by atoms with Gasteiger partial charge in [-0.3, -0.25) is 24.7 Å². The molecule has 0 unspecified atom stereocenters. The van der Waals surface area contributed by atoms with Crippen LogP contribution in [-0.2, 0) is 24.0 Å². The van der Waals surface area contributed by atoms with E-state index in [1.807, 2.05) is 12.1 Å². The summed E-state index contributed by atoms with van der Waals surface area (Å²) in [7, 11) is -4.80. The number of morpholine rings is 1. The predicted molar refractivity (Wildman–Crippen MR) is 271 cm³/mol. The molecule has 0 bridgehead atoms. The predicted octanol–water partition coefficient (Wildman–Crippen LogP) is 6.26. The number of benzene rings is 3. The molecule has 6 atom stereocenters. The van der Waals surface area contributed by atoms with Crippen molar-refractivity contribution in [3.63, 3.8) is 0 Å². The number of amides is 1. The molecule has 1 aliphatic carbocycles. The van der Waals surface area contributed by atoms with Gasteiger partial charge in [-0.05, 0) is 99.7 Å². The second kappa shape index (κ2) is 17.8. The maximum absolute atomic E-state index is 16.2. The highest BCUT2D eigenvalue weighted by atomic mass is 32.2. The molecule has 13 rings (SSSR count). The van der Waals surface area contributed by atoms with E-state index in [9.17, 15) is 14.9 Å². The minimum atomic E-state index is -4.80. The lowest BCUT2D eigenvalue weighted by atomic mass is 9.59. The minimum Gasteiger partial charge on any atom is -0.489 e. The number of likely N-dealkylation sites (tertiary alicyclic amines) is 1. The zero-order valence-electron chi connectivity index (χ0n) is 41.0. The van der Waals surface area contributed by atoms with Crippen molar-refractivity contribution in [3.8, 4) is 11.6 Å². The first-order chi connectivity index (χ1) is 35.3. The van der Waals surface area contributed by atoms with Crippen LogP contribution in [-0.4, -0.2) is 147 Å². The number of H-pyrrole nitrogens is 1. The van der Waals surface area contributed by atoms with Gasteiger partial charge in [-0.15, -0.1) is 0 Å². The number of fused-ring (bicyclic) bond motifs is 4. The number of piperidine rings is 1. The van der Waals surface area contributed by atoms with E-state index >= 15 is 8.42 Å². The van der Waals surface area contributed by atoms with Crippen molar-refractivity contribution < 1.29 is 41.8 Å². The molecule has 73 heavy (non-hydrogen) atoms. The van der Waals surface area contributed by atoms with Gasteiger partial charge in [0.25, 0.3) is 11.6 Å². The number of aromatic amines is 1. The number of nitrogens with one attached hydrogen (secondary N) is 2. The number of aryl methyl sites for hydroxylation is 1. The first-order valence-electron chi connectivity index (χ1n) is 25.8. The highest BCUT2D eigenvalue weighted by Gasteiger charge is 2.52. The third-order valence-corrected chi connectivity index (χ3v) is 19.2. The lowest BCUT2D eigenvalue weighted by Gasteiger charge is -2.56. The number of nitrogens with zero attached hydrogens (tertiary/aromatic N) is 6. The summed E-state index contributed by atoms with van der Waals surface area (Å²) in [5.74, 6) is -0.598. The Bertz CT molecular complexity index is 3130. The summed E-state index contributed by atoms with van der Waals surface area (Å²) in [5.41, 5.74) is 10.1. The van der Waals surface area contributed by atoms with Crippen LogP contribution in [0.5, 0.6) is 11.6 Å². The lowest BCUT2D eigenvalue weighted by molar-refractivity contribution is -0.384. The summed E-state index contributed by atoms with van der Waals surface area (Å²) < 4.78 is 62.9. The molecule has 8 aliphatic rings. The Kier molecular flexibility index (Phi) is 11.4. The van der Waals surface area contributed by atoms with Gasteiger partial charge >= 0.3 is 0 Å². The number of hydrogen-bond acceptors (Lipinski definition) is 16. The van der Waals surface area contributed by atoms with E-state index in [2.05, 4.69) is 63.1 Å². The molecule has 1 amide bonds. The number of sulfone groups is 1. The summed E-state index contributed by atoms with van der Waals surface area (Å²) >= 11 is 0. The maximum atomic E-state index is 16.2. The van der Waals surface area contributed by atoms with Crippen LogP contribution in [0, 0.1) is 22.5 Å². The fourth-order valence-electron chi connectivity index (χ4n) is 13.4. The molecule has 5 saturated heterocycles. The number of carbonyl (C=O) groups is 1. The van der Waals surface area contributed by atoms with Crippen LogP contribution in [0.15, 0.2) is 76.7 Å². The van der Waals surface area contributed by atoms with Gasteiger partial charge in [0.15, 0.2) is 11.4 Å². The van der Waals surface area contributed by atoms with Crippen molar-refractivity contribution in [2.75, 3.05) is 80.9 Å². The third kappa shape index (κ3) is 7.81. The van der Waals surface area contributed by atoms with Crippen LogP contribution < -0.4 is 30.3 Å². The molecular weight excluding hydrogens is 955 g/mol. The molecule has 384 valence electrons. The summed E-state index contributed by atoms with van der Waals surface area (Å²) in [6.07, 6.45) is 6.96. The fourth-order valence-corrected chi connectivity index (χ4v) is 15.1. The Morgan fingerprint density at radius 1 is 0.918 bits per heavy atom. The van der Waals surface area contributed by atoms with Gasteiger partial charge in [0.1, 0.15) is 28.9 Å². The highest BCUT2D eigenvalue weighted by molar-refractivity contribution is 7.91. The third-order valence-electron chi connectivity index (χ3n) is 17.4. The zero-order valence-corrected chi connectivity index (χ0v) is 41.9. The second-order valence-electron chi connectivity index (χ2n) is 21.6. The normalized spacial score (nSPS) is 27.3. The highest BCUT2D eigenvalue weighted by Crippen LogP contribution is 2.56. The molecule has 19 nitrogen and oxygen atoms in total. The largest absolute Gasteiger partial charge is 0.489 e. The summed E-state index contributed by atoms with van der Waals surface area (Å²) in [6, 6.07) is 18.4. The van der Waals surface area contributed by atoms with E-state index < -0.39 is 44.5 Å². The number of pyridine rings is 1. The van der Waals surface area contributed by atoms with Crippen LogP contribution in [0.4, 0.5) is 28.4 Å². The fraction of sp³-hybridized carbons (Fsp3) is 0.509. The van der Waals surface area contributed by atoms with Crippen molar-refractivity contribution in [2.24, 2.45) is 11.1 Å². The Balaban J connectivity index is 0.887. The number of nitro benzene ring substituents is 1. The molecule has 4 N–H and O–H groups in total. The molecule has 5 aromatic rings. The lowest BCUT2D eigenvalue weighted by Crippen LogP contribution is -2.62. The zero-order chi connectivity index (χ0) is 49.9. The van der Waals surface area contributed by atoms with Gasteiger partial charge in [0, 0.05) is 61.5 Å². The van der Waals surface area contributed by atoms with Crippen molar-refractivity contribution in [1.82, 2.24) is 19.8 Å². The van der Waals surface area contributed by atoms with E-state index in [0.717, 1.165) is 50.1 Å². The first-order valence-corrected chi connectivity index (χ1v) is 27.3.